The summed E-state index contributed by atoms with van der Waals surface area (Å²) in [7, 11) is 0. The number of benzene rings is 1. The number of hydrogen-bond acceptors (Lipinski definition) is 3. The van der Waals surface area contributed by atoms with Gasteiger partial charge in [-0.3, -0.25) is 0 Å². The van der Waals surface area contributed by atoms with Crippen LogP contribution < -0.4 is 0 Å². The van der Waals surface area contributed by atoms with Gasteiger partial charge in [-0.05, 0) is 48.8 Å². The molecule has 4 heteroatoms. The van der Waals surface area contributed by atoms with Crippen LogP contribution in [0, 0.1) is 6.92 Å². The molecule has 2 nitrogen and oxygen atoms in total. The zero-order valence-corrected chi connectivity index (χ0v) is 11.2. The standard InChI is InChI=1S/C12H16O2S2/c1-9-4-5-10(8-11(9)12(13)14)16-7-3-6-15-2/h4-5,8H,3,6-7H2,1-2H3,(H,13,14). The highest BCUT2D eigenvalue weighted by Gasteiger charge is 2.07. The maximum Gasteiger partial charge on any atom is 0.335 e. The zero-order chi connectivity index (χ0) is 12.0. The SMILES string of the molecule is CSCCCSc1ccc(C)c(C(=O)O)c1. The van der Waals surface area contributed by atoms with Crippen LogP contribution >= 0.6 is 23.5 Å². The summed E-state index contributed by atoms with van der Waals surface area (Å²) in [5.74, 6) is 1.36. The van der Waals surface area contributed by atoms with E-state index in [2.05, 4.69) is 6.26 Å². The first-order valence-electron chi connectivity index (χ1n) is 5.11. The summed E-state index contributed by atoms with van der Waals surface area (Å²) in [5.41, 5.74) is 1.23. The van der Waals surface area contributed by atoms with Gasteiger partial charge < -0.3 is 5.11 Å². The molecule has 0 fully saturated rings. The monoisotopic (exact) mass is 256 g/mol. The molecule has 0 aliphatic rings. The van der Waals surface area contributed by atoms with Gasteiger partial charge in [0.05, 0.1) is 5.56 Å². The van der Waals surface area contributed by atoms with Gasteiger partial charge >= 0.3 is 5.97 Å². The third-order valence-electron chi connectivity index (χ3n) is 2.20. The summed E-state index contributed by atoms with van der Waals surface area (Å²) in [5, 5.41) is 8.99. The Morgan fingerprint density at radius 1 is 1.38 bits per heavy atom. The van der Waals surface area contributed by atoms with E-state index >= 15 is 0 Å². The van der Waals surface area contributed by atoms with E-state index in [1.807, 2.05) is 30.8 Å². The highest BCUT2D eigenvalue weighted by Crippen LogP contribution is 2.22. The van der Waals surface area contributed by atoms with Gasteiger partial charge in [0.15, 0.2) is 0 Å². The smallest absolute Gasteiger partial charge is 0.335 e. The molecule has 1 aromatic rings. The van der Waals surface area contributed by atoms with E-state index in [1.54, 1.807) is 17.8 Å². The van der Waals surface area contributed by atoms with Gasteiger partial charge in [0.25, 0.3) is 0 Å². The zero-order valence-electron chi connectivity index (χ0n) is 9.53. The van der Waals surface area contributed by atoms with Gasteiger partial charge in [0, 0.05) is 4.90 Å². The molecule has 0 aliphatic carbocycles. The first-order valence-corrected chi connectivity index (χ1v) is 7.48. The van der Waals surface area contributed by atoms with Crippen LogP contribution in [-0.4, -0.2) is 28.8 Å². The molecule has 0 amide bonds. The van der Waals surface area contributed by atoms with Gasteiger partial charge in [0.2, 0.25) is 0 Å². The third kappa shape index (κ3) is 4.10. The third-order valence-corrected chi connectivity index (χ3v) is 3.98. The van der Waals surface area contributed by atoms with Crippen molar-refractivity contribution in [1.82, 2.24) is 0 Å². The molecule has 0 aliphatic heterocycles. The van der Waals surface area contributed by atoms with Crippen molar-refractivity contribution in [3.63, 3.8) is 0 Å². The van der Waals surface area contributed by atoms with Crippen LogP contribution in [0.3, 0.4) is 0 Å². The molecule has 0 saturated carbocycles. The summed E-state index contributed by atoms with van der Waals surface area (Å²) in [6.45, 7) is 1.83. The fraction of sp³-hybridized carbons (Fsp3) is 0.417. The second-order valence-corrected chi connectivity index (χ2v) is 5.63. The largest absolute Gasteiger partial charge is 0.478 e. The molecule has 0 saturated heterocycles. The molecular weight excluding hydrogens is 240 g/mol. The minimum absolute atomic E-state index is 0.412. The van der Waals surface area contributed by atoms with Crippen molar-refractivity contribution in [3.8, 4) is 0 Å². The van der Waals surface area contributed by atoms with Crippen molar-refractivity contribution >= 4 is 29.5 Å². The van der Waals surface area contributed by atoms with Crippen molar-refractivity contribution in [2.45, 2.75) is 18.2 Å². The molecule has 0 radical (unpaired) electrons. The summed E-state index contributed by atoms with van der Waals surface area (Å²) in [6.07, 6.45) is 3.25. The maximum atomic E-state index is 10.9. The Hall–Kier alpha value is -0.610. The van der Waals surface area contributed by atoms with Crippen molar-refractivity contribution in [2.75, 3.05) is 17.8 Å². The topological polar surface area (TPSA) is 37.3 Å². The number of aromatic carboxylic acids is 1. The first-order chi connectivity index (χ1) is 7.65. The van der Waals surface area contributed by atoms with Crippen LogP contribution in [0.2, 0.25) is 0 Å². The molecule has 0 spiro atoms. The number of carboxylic acid groups (broad SMARTS) is 1. The molecule has 1 rings (SSSR count). The van der Waals surface area contributed by atoms with Gasteiger partial charge in [-0.15, -0.1) is 11.8 Å². The summed E-state index contributed by atoms with van der Waals surface area (Å²) in [6, 6.07) is 5.63. The summed E-state index contributed by atoms with van der Waals surface area (Å²) in [4.78, 5) is 12.0. The minimum atomic E-state index is -0.843. The van der Waals surface area contributed by atoms with E-state index in [9.17, 15) is 4.79 Å². The average Bonchev–Trinajstić information content (AvgIpc) is 2.26. The molecular formula is C12H16O2S2. The lowest BCUT2D eigenvalue weighted by molar-refractivity contribution is 0.0696. The average molecular weight is 256 g/mol. The van der Waals surface area contributed by atoms with Gasteiger partial charge in [-0.2, -0.15) is 11.8 Å². The van der Waals surface area contributed by atoms with Crippen LogP contribution in [-0.2, 0) is 0 Å². The lowest BCUT2D eigenvalue weighted by atomic mass is 10.1. The van der Waals surface area contributed by atoms with Gasteiger partial charge in [0.1, 0.15) is 0 Å². The predicted octanol–water partition coefficient (Wildman–Crippen LogP) is 3.54. The number of hydrogen-bond donors (Lipinski definition) is 1. The van der Waals surface area contributed by atoms with Crippen molar-refractivity contribution in [2.24, 2.45) is 0 Å². The lowest BCUT2D eigenvalue weighted by Crippen LogP contribution is -1.99. The van der Waals surface area contributed by atoms with Crippen molar-refractivity contribution < 1.29 is 9.90 Å². The molecule has 0 unspecified atom stereocenters. The van der Waals surface area contributed by atoms with E-state index in [4.69, 9.17) is 5.11 Å². The van der Waals surface area contributed by atoms with Crippen molar-refractivity contribution in [3.05, 3.63) is 29.3 Å². The Labute approximate surface area is 105 Å². The van der Waals surface area contributed by atoms with E-state index < -0.39 is 5.97 Å². The van der Waals surface area contributed by atoms with Crippen LogP contribution in [0.4, 0.5) is 0 Å². The molecule has 16 heavy (non-hydrogen) atoms. The first kappa shape index (κ1) is 13.5. The summed E-state index contributed by atoms with van der Waals surface area (Å²) < 4.78 is 0. The van der Waals surface area contributed by atoms with Crippen LogP contribution in [0.25, 0.3) is 0 Å². The van der Waals surface area contributed by atoms with E-state index in [1.165, 1.54) is 0 Å². The molecule has 0 aromatic heterocycles. The van der Waals surface area contributed by atoms with Crippen LogP contribution in [0.1, 0.15) is 22.3 Å². The van der Waals surface area contributed by atoms with Crippen LogP contribution in [0.15, 0.2) is 23.1 Å². The Morgan fingerprint density at radius 3 is 2.75 bits per heavy atom. The number of carboxylic acids is 1. The summed E-state index contributed by atoms with van der Waals surface area (Å²) >= 11 is 3.56. The maximum absolute atomic E-state index is 10.9. The lowest BCUT2D eigenvalue weighted by Gasteiger charge is -2.05. The Morgan fingerprint density at radius 2 is 2.12 bits per heavy atom. The number of rotatable bonds is 6. The fourth-order valence-corrected chi connectivity index (χ4v) is 2.82. The second kappa shape index (κ2) is 6.86. The second-order valence-electron chi connectivity index (χ2n) is 3.48. The quantitative estimate of drug-likeness (QED) is 0.624. The van der Waals surface area contributed by atoms with Crippen LogP contribution in [0.5, 0.6) is 0 Å². The number of thioether (sulfide) groups is 2. The highest BCUT2D eigenvalue weighted by molar-refractivity contribution is 7.99. The highest BCUT2D eigenvalue weighted by atomic mass is 32.2. The van der Waals surface area contributed by atoms with E-state index in [0.29, 0.717) is 5.56 Å². The molecule has 88 valence electrons. The predicted molar refractivity (Wildman–Crippen MR) is 71.9 cm³/mol. The van der Waals surface area contributed by atoms with Crippen molar-refractivity contribution in [1.29, 1.82) is 0 Å². The molecule has 0 heterocycles. The van der Waals surface area contributed by atoms with E-state index in [0.717, 1.165) is 28.4 Å². The van der Waals surface area contributed by atoms with Gasteiger partial charge in [-0.1, -0.05) is 6.07 Å². The molecule has 0 atom stereocenters. The number of aryl methyl sites for hydroxylation is 1. The normalized spacial score (nSPS) is 10.4. The molecule has 0 bridgehead atoms. The fourth-order valence-electron chi connectivity index (χ4n) is 1.31. The minimum Gasteiger partial charge on any atom is -0.478 e. The van der Waals surface area contributed by atoms with E-state index in [-0.39, 0.29) is 0 Å². The molecule has 1 N–H and O–H groups in total. The Kier molecular flexibility index (Phi) is 5.77. The number of carbonyl (C=O) groups is 1. The Bertz CT molecular complexity index is 364. The Balaban J connectivity index is 2.61. The molecule has 1 aromatic carbocycles. The van der Waals surface area contributed by atoms with Gasteiger partial charge in [-0.25, -0.2) is 4.79 Å².